The monoisotopic (exact) mass is 240 g/mol. The Hall–Kier alpha value is -0.0136. The molecule has 0 saturated carbocycles. The molecule has 0 bridgehead atoms. The summed E-state index contributed by atoms with van der Waals surface area (Å²) >= 11 is 0. The summed E-state index contributed by atoms with van der Waals surface area (Å²) in [5.74, 6) is -3.17. The van der Waals surface area contributed by atoms with Gasteiger partial charge in [0.1, 0.15) is 6.42 Å². The molecule has 0 radical (unpaired) electrons. The third-order valence-electron chi connectivity index (χ3n) is 1.56. The number of aliphatic carboxylic acids is 1. The fourth-order valence-electron chi connectivity index (χ4n) is 0.544. The second-order valence-electron chi connectivity index (χ2n) is 2.96. The van der Waals surface area contributed by atoms with E-state index in [2.05, 4.69) is 4.74 Å². The van der Waals surface area contributed by atoms with Crippen LogP contribution in [0.1, 0.15) is 28.6 Å². The van der Waals surface area contributed by atoms with Crippen LogP contribution in [0.2, 0.25) is 0 Å². The van der Waals surface area contributed by atoms with Gasteiger partial charge in [-0.05, 0) is 20.8 Å². The Morgan fingerprint density at radius 1 is 1.20 bits per heavy atom. The number of hydrogen-bond donors (Lipinski definition) is 1. The van der Waals surface area contributed by atoms with Gasteiger partial charge in [-0.15, -0.1) is 0 Å². The van der Waals surface area contributed by atoms with E-state index in [9.17, 15) is 14.4 Å². The van der Waals surface area contributed by atoms with E-state index in [0.717, 1.165) is 5.57 Å². The van der Waals surface area contributed by atoms with Crippen LogP contribution in [0.25, 0.3) is 0 Å². The molecule has 0 fully saturated rings. The summed E-state index contributed by atoms with van der Waals surface area (Å²) in [7, 11) is 0. The van der Waals surface area contributed by atoms with Crippen molar-refractivity contribution in [2.45, 2.75) is 27.2 Å². The quantitative estimate of drug-likeness (QED) is 0.267. The standard InChI is InChI=1S/C9H12O5.K.H/c1-5(2)6(3)9(13)14-8(12)4-7(10)11;;/h4H2,1-3H3,(H,10,11);;/q;+1;-1. The molecular formula is C9H13KO5. The number of allylic oxidation sites excluding steroid dienone is 1. The third kappa shape index (κ3) is 7.86. The van der Waals surface area contributed by atoms with Crippen LogP contribution in [0.4, 0.5) is 0 Å². The first-order valence-electron chi connectivity index (χ1n) is 3.95. The van der Waals surface area contributed by atoms with E-state index in [1.165, 1.54) is 6.92 Å². The molecule has 0 aromatic rings. The topological polar surface area (TPSA) is 80.7 Å². The van der Waals surface area contributed by atoms with Crippen LogP contribution < -0.4 is 51.4 Å². The van der Waals surface area contributed by atoms with Crippen molar-refractivity contribution in [3.05, 3.63) is 11.1 Å². The van der Waals surface area contributed by atoms with Crippen LogP contribution in [-0.2, 0) is 19.1 Å². The number of hydrogen-bond acceptors (Lipinski definition) is 4. The van der Waals surface area contributed by atoms with Crippen molar-refractivity contribution in [2.24, 2.45) is 0 Å². The first-order valence-corrected chi connectivity index (χ1v) is 3.95. The molecule has 80 valence electrons. The van der Waals surface area contributed by atoms with Crippen molar-refractivity contribution < 1.29 is 77.0 Å². The predicted molar refractivity (Wildman–Crippen MR) is 48.5 cm³/mol. The average molecular weight is 240 g/mol. The molecule has 0 heterocycles. The minimum absolute atomic E-state index is 0. The van der Waals surface area contributed by atoms with Crippen LogP contribution in [0.15, 0.2) is 11.1 Å². The summed E-state index contributed by atoms with van der Waals surface area (Å²) in [6, 6.07) is 0. The number of esters is 2. The summed E-state index contributed by atoms with van der Waals surface area (Å²) in [6.45, 7) is 4.89. The maximum absolute atomic E-state index is 11.1. The molecule has 0 rings (SSSR count). The number of carboxylic acid groups (broad SMARTS) is 1. The summed E-state index contributed by atoms with van der Waals surface area (Å²) in [4.78, 5) is 31.9. The van der Waals surface area contributed by atoms with Crippen LogP contribution in [-0.4, -0.2) is 23.0 Å². The molecule has 6 heteroatoms. The molecule has 0 aromatic heterocycles. The van der Waals surface area contributed by atoms with Crippen LogP contribution in [0, 0.1) is 0 Å². The third-order valence-corrected chi connectivity index (χ3v) is 1.56. The molecule has 5 nitrogen and oxygen atoms in total. The molecular weight excluding hydrogens is 227 g/mol. The maximum Gasteiger partial charge on any atom is 1.00 e. The Kier molecular flexibility index (Phi) is 9.47. The molecule has 0 saturated heterocycles. The largest absolute Gasteiger partial charge is 1.00 e. The molecule has 0 atom stereocenters. The number of rotatable bonds is 3. The van der Waals surface area contributed by atoms with Gasteiger partial charge in [-0.2, -0.15) is 0 Å². The Morgan fingerprint density at radius 2 is 1.67 bits per heavy atom. The normalized spacial score (nSPS) is 8.47. The number of carbonyl (C=O) groups is 3. The fraction of sp³-hybridized carbons (Fsp3) is 0.444. The number of carboxylic acids is 1. The summed E-state index contributed by atoms with van der Waals surface area (Å²) in [5, 5.41) is 8.22. The molecule has 0 amide bonds. The van der Waals surface area contributed by atoms with E-state index in [-0.39, 0.29) is 52.8 Å². The molecule has 0 aromatic carbocycles. The van der Waals surface area contributed by atoms with Gasteiger partial charge in [0.05, 0.1) is 0 Å². The van der Waals surface area contributed by atoms with E-state index in [1.54, 1.807) is 13.8 Å². The minimum atomic E-state index is -1.32. The Labute approximate surface area is 132 Å². The molecule has 0 spiro atoms. The van der Waals surface area contributed by atoms with Gasteiger partial charge in [0.2, 0.25) is 0 Å². The van der Waals surface area contributed by atoms with Gasteiger partial charge in [-0.1, -0.05) is 5.57 Å². The molecule has 0 aliphatic rings. The van der Waals surface area contributed by atoms with Gasteiger partial charge in [0.25, 0.3) is 0 Å². The van der Waals surface area contributed by atoms with Crippen molar-refractivity contribution in [1.82, 2.24) is 0 Å². The van der Waals surface area contributed by atoms with Gasteiger partial charge >= 0.3 is 69.3 Å². The zero-order valence-electron chi connectivity index (χ0n) is 10.3. The van der Waals surface area contributed by atoms with Crippen LogP contribution in [0.5, 0.6) is 0 Å². The second-order valence-corrected chi connectivity index (χ2v) is 2.96. The molecule has 1 N–H and O–H groups in total. The van der Waals surface area contributed by atoms with E-state index in [0.29, 0.717) is 5.57 Å². The summed E-state index contributed by atoms with van der Waals surface area (Å²) < 4.78 is 4.27. The number of ether oxygens (including phenoxy) is 1. The first kappa shape index (κ1) is 17.4. The SMILES string of the molecule is CC(C)=C(C)C(=O)OC(=O)CC(=O)O.[H-].[K+]. The van der Waals surface area contributed by atoms with E-state index in [1.807, 2.05) is 0 Å². The van der Waals surface area contributed by atoms with Crippen molar-refractivity contribution in [1.29, 1.82) is 0 Å². The smallest absolute Gasteiger partial charge is 1.00 e. The zero-order chi connectivity index (χ0) is 11.3. The zero-order valence-corrected chi connectivity index (χ0v) is 12.4. The number of carbonyl (C=O) groups excluding carboxylic acids is 2. The summed E-state index contributed by atoms with van der Waals surface area (Å²) in [6.07, 6.45) is -0.804. The van der Waals surface area contributed by atoms with E-state index in [4.69, 9.17) is 5.11 Å². The average Bonchev–Trinajstić information content (AvgIpc) is 2.00. The molecule has 0 aliphatic carbocycles. The minimum Gasteiger partial charge on any atom is -1.00 e. The van der Waals surface area contributed by atoms with Crippen molar-refractivity contribution >= 4 is 17.9 Å². The first-order chi connectivity index (χ1) is 6.34. The summed E-state index contributed by atoms with van der Waals surface area (Å²) in [5.41, 5.74) is 1.03. The Balaban J connectivity index is -0.000000845. The van der Waals surface area contributed by atoms with E-state index < -0.39 is 24.3 Å². The van der Waals surface area contributed by atoms with Gasteiger partial charge < -0.3 is 11.3 Å². The Bertz CT molecular complexity index is 307. The second kappa shape index (κ2) is 8.17. The van der Waals surface area contributed by atoms with Gasteiger partial charge in [0.15, 0.2) is 0 Å². The Morgan fingerprint density at radius 3 is 2.00 bits per heavy atom. The molecule has 0 unspecified atom stereocenters. The van der Waals surface area contributed by atoms with Crippen LogP contribution >= 0.6 is 0 Å². The van der Waals surface area contributed by atoms with Crippen molar-refractivity contribution in [3.8, 4) is 0 Å². The molecule has 15 heavy (non-hydrogen) atoms. The van der Waals surface area contributed by atoms with Crippen molar-refractivity contribution in [3.63, 3.8) is 0 Å². The van der Waals surface area contributed by atoms with Gasteiger partial charge in [0, 0.05) is 5.57 Å². The van der Waals surface area contributed by atoms with Crippen molar-refractivity contribution in [2.75, 3.05) is 0 Å². The van der Waals surface area contributed by atoms with Gasteiger partial charge in [-0.25, -0.2) is 4.79 Å². The molecule has 0 aliphatic heterocycles. The fourth-order valence-corrected chi connectivity index (χ4v) is 0.544. The van der Waals surface area contributed by atoms with E-state index >= 15 is 0 Å². The maximum atomic E-state index is 11.1. The van der Waals surface area contributed by atoms with Crippen LogP contribution in [0.3, 0.4) is 0 Å². The van der Waals surface area contributed by atoms with Gasteiger partial charge in [-0.3, -0.25) is 9.59 Å². The predicted octanol–water partition coefficient (Wildman–Crippen LogP) is -2.00.